The van der Waals surface area contributed by atoms with E-state index < -0.39 is 0 Å². The zero-order chi connectivity index (χ0) is 13.5. The fraction of sp³-hybridized carbons (Fsp3) is 0. The lowest BCUT2D eigenvalue weighted by Gasteiger charge is -2.01. The lowest BCUT2D eigenvalue weighted by molar-refractivity contribution is 1.66. The first-order valence-corrected chi connectivity index (χ1v) is 7.40. The van der Waals surface area contributed by atoms with E-state index in [1.54, 1.807) is 0 Å². The summed E-state index contributed by atoms with van der Waals surface area (Å²) in [6.07, 6.45) is 0. The molecule has 1 aromatic heterocycles. The van der Waals surface area contributed by atoms with Gasteiger partial charge in [0.15, 0.2) is 0 Å². The zero-order valence-corrected chi connectivity index (χ0v) is 11.7. The average Bonchev–Trinajstić information content (AvgIpc) is 2.85. The molecular weight excluding hydrogens is 262 g/mol. The second-order valence-electron chi connectivity index (χ2n) is 4.93. The van der Waals surface area contributed by atoms with Gasteiger partial charge in [-0.25, -0.2) is 0 Å². The Balaban J connectivity index is 1.98. The summed E-state index contributed by atoms with van der Waals surface area (Å²) in [6.45, 7) is 0. The van der Waals surface area contributed by atoms with Crippen LogP contribution in [0, 0.1) is 0 Å². The van der Waals surface area contributed by atoms with Crippen LogP contribution in [0.25, 0.3) is 31.3 Å². The Labute approximate surface area is 121 Å². The maximum Gasteiger partial charge on any atom is 0.0361 e. The standard InChI is InChI=1S/C18H13NS/c19-14-7-9-17-16(11-14)15-8-6-13(10-18(15)20-17)12-4-2-1-3-5-12/h1-11H,19H2. The molecule has 2 N–H and O–H groups in total. The normalized spacial score (nSPS) is 11.2. The second-order valence-corrected chi connectivity index (χ2v) is 6.02. The summed E-state index contributed by atoms with van der Waals surface area (Å²) in [4.78, 5) is 0. The van der Waals surface area contributed by atoms with Gasteiger partial charge in [-0.2, -0.15) is 0 Å². The van der Waals surface area contributed by atoms with Crippen molar-refractivity contribution in [3.8, 4) is 11.1 Å². The van der Waals surface area contributed by atoms with Crippen LogP contribution in [0.2, 0.25) is 0 Å². The molecule has 0 atom stereocenters. The van der Waals surface area contributed by atoms with Crippen molar-refractivity contribution in [3.05, 3.63) is 66.7 Å². The minimum atomic E-state index is 0.823. The van der Waals surface area contributed by atoms with Crippen LogP contribution in [-0.2, 0) is 0 Å². The molecule has 0 aliphatic carbocycles. The third-order valence-corrected chi connectivity index (χ3v) is 4.74. The van der Waals surface area contributed by atoms with Crippen molar-refractivity contribution < 1.29 is 0 Å². The first kappa shape index (κ1) is 11.5. The molecule has 2 heteroatoms. The van der Waals surface area contributed by atoms with Crippen molar-refractivity contribution in [3.63, 3.8) is 0 Å². The number of nitrogen functional groups attached to an aromatic ring is 1. The number of benzene rings is 3. The summed E-state index contributed by atoms with van der Waals surface area (Å²) in [5.74, 6) is 0. The van der Waals surface area contributed by atoms with Crippen LogP contribution in [0.3, 0.4) is 0 Å². The summed E-state index contributed by atoms with van der Waals surface area (Å²) in [5.41, 5.74) is 9.24. The predicted molar refractivity (Wildman–Crippen MR) is 89.2 cm³/mol. The second kappa shape index (κ2) is 4.36. The number of nitrogens with two attached hydrogens (primary N) is 1. The minimum absolute atomic E-state index is 0.823. The predicted octanol–water partition coefficient (Wildman–Crippen LogP) is 5.30. The summed E-state index contributed by atoms with van der Waals surface area (Å²) in [6, 6.07) is 23.3. The summed E-state index contributed by atoms with van der Waals surface area (Å²) < 4.78 is 2.60. The van der Waals surface area contributed by atoms with Gasteiger partial charge in [-0.1, -0.05) is 42.5 Å². The number of fused-ring (bicyclic) bond motifs is 3. The number of hydrogen-bond donors (Lipinski definition) is 1. The molecule has 0 saturated carbocycles. The largest absolute Gasteiger partial charge is 0.399 e. The zero-order valence-electron chi connectivity index (χ0n) is 10.8. The van der Waals surface area contributed by atoms with E-state index in [1.807, 2.05) is 23.5 Å². The lowest BCUT2D eigenvalue weighted by atomic mass is 10.0. The van der Waals surface area contributed by atoms with Crippen LogP contribution in [0.5, 0.6) is 0 Å². The number of hydrogen-bond acceptors (Lipinski definition) is 2. The van der Waals surface area contributed by atoms with E-state index in [4.69, 9.17) is 5.73 Å². The molecule has 4 rings (SSSR count). The molecular formula is C18H13NS. The van der Waals surface area contributed by atoms with Crippen molar-refractivity contribution in [1.29, 1.82) is 0 Å². The highest BCUT2D eigenvalue weighted by atomic mass is 32.1. The monoisotopic (exact) mass is 275 g/mol. The molecule has 96 valence electrons. The van der Waals surface area contributed by atoms with Crippen LogP contribution in [0.15, 0.2) is 66.7 Å². The highest BCUT2D eigenvalue weighted by molar-refractivity contribution is 7.25. The molecule has 0 fully saturated rings. The third-order valence-electron chi connectivity index (χ3n) is 3.60. The third kappa shape index (κ3) is 1.77. The van der Waals surface area contributed by atoms with E-state index in [0.29, 0.717) is 0 Å². The van der Waals surface area contributed by atoms with Gasteiger partial charge in [-0.3, -0.25) is 0 Å². The quantitative estimate of drug-likeness (QED) is 0.468. The van der Waals surface area contributed by atoms with Crippen molar-refractivity contribution in [2.45, 2.75) is 0 Å². The van der Waals surface area contributed by atoms with Crippen molar-refractivity contribution in [2.75, 3.05) is 5.73 Å². The van der Waals surface area contributed by atoms with E-state index in [-0.39, 0.29) is 0 Å². The highest BCUT2D eigenvalue weighted by Crippen LogP contribution is 2.37. The van der Waals surface area contributed by atoms with Gasteiger partial charge in [-0.05, 0) is 35.4 Å². The molecule has 0 spiro atoms. The number of rotatable bonds is 1. The first-order valence-electron chi connectivity index (χ1n) is 6.58. The molecule has 1 heterocycles. The summed E-state index contributed by atoms with van der Waals surface area (Å²) >= 11 is 1.82. The Bertz CT molecular complexity index is 907. The van der Waals surface area contributed by atoms with Crippen molar-refractivity contribution >= 4 is 37.2 Å². The highest BCUT2D eigenvalue weighted by Gasteiger charge is 2.06. The fourth-order valence-corrected chi connectivity index (χ4v) is 3.73. The van der Waals surface area contributed by atoms with Crippen LogP contribution in [0.4, 0.5) is 5.69 Å². The molecule has 0 unspecified atom stereocenters. The van der Waals surface area contributed by atoms with E-state index in [9.17, 15) is 0 Å². The van der Waals surface area contributed by atoms with Gasteiger partial charge in [0, 0.05) is 25.9 Å². The number of thiophene rings is 1. The van der Waals surface area contributed by atoms with Gasteiger partial charge in [-0.15, -0.1) is 11.3 Å². The minimum Gasteiger partial charge on any atom is -0.399 e. The molecule has 0 saturated heterocycles. The molecule has 1 nitrogen and oxygen atoms in total. The van der Waals surface area contributed by atoms with E-state index >= 15 is 0 Å². The fourth-order valence-electron chi connectivity index (χ4n) is 2.60. The SMILES string of the molecule is Nc1ccc2sc3cc(-c4ccccc4)ccc3c2c1. The van der Waals surface area contributed by atoms with Gasteiger partial charge in [0.25, 0.3) is 0 Å². The molecule has 0 aliphatic rings. The Kier molecular flexibility index (Phi) is 2.51. The van der Waals surface area contributed by atoms with E-state index in [1.165, 1.54) is 31.3 Å². The van der Waals surface area contributed by atoms with Gasteiger partial charge >= 0.3 is 0 Å². The van der Waals surface area contributed by atoms with Crippen LogP contribution >= 0.6 is 11.3 Å². The molecule has 3 aromatic carbocycles. The maximum atomic E-state index is 5.90. The summed E-state index contributed by atoms with van der Waals surface area (Å²) in [7, 11) is 0. The van der Waals surface area contributed by atoms with Crippen molar-refractivity contribution in [1.82, 2.24) is 0 Å². The van der Waals surface area contributed by atoms with E-state index in [0.717, 1.165) is 5.69 Å². The molecule has 4 aromatic rings. The van der Waals surface area contributed by atoms with Gasteiger partial charge < -0.3 is 5.73 Å². The Morgan fingerprint density at radius 2 is 1.50 bits per heavy atom. The van der Waals surface area contributed by atoms with Crippen molar-refractivity contribution in [2.24, 2.45) is 0 Å². The Morgan fingerprint density at radius 3 is 2.35 bits per heavy atom. The Hall–Kier alpha value is -2.32. The van der Waals surface area contributed by atoms with Crippen LogP contribution in [-0.4, -0.2) is 0 Å². The molecule has 20 heavy (non-hydrogen) atoms. The van der Waals surface area contributed by atoms with Gasteiger partial charge in [0.05, 0.1) is 0 Å². The van der Waals surface area contributed by atoms with Gasteiger partial charge in [0.2, 0.25) is 0 Å². The maximum absolute atomic E-state index is 5.90. The molecule has 0 aliphatic heterocycles. The van der Waals surface area contributed by atoms with Crippen LogP contribution in [0.1, 0.15) is 0 Å². The topological polar surface area (TPSA) is 26.0 Å². The van der Waals surface area contributed by atoms with E-state index in [2.05, 4.69) is 54.6 Å². The summed E-state index contributed by atoms with van der Waals surface area (Å²) in [5, 5.41) is 2.54. The number of anilines is 1. The molecule has 0 radical (unpaired) electrons. The molecule has 0 bridgehead atoms. The van der Waals surface area contributed by atoms with Gasteiger partial charge in [0.1, 0.15) is 0 Å². The smallest absolute Gasteiger partial charge is 0.0361 e. The Morgan fingerprint density at radius 1 is 0.650 bits per heavy atom. The first-order chi connectivity index (χ1) is 9.81. The van der Waals surface area contributed by atoms with Crippen LogP contribution < -0.4 is 5.73 Å². The average molecular weight is 275 g/mol. The molecule has 0 amide bonds. The lowest BCUT2D eigenvalue weighted by Crippen LogP contribution is -1.81.